The van der Waals surface area contributed by atoms with E-state index < -0.39 is 0 Å². The van der Waals surface area contributed by atoms with E-state index in [1.807, 2.05) is 0 Å². The van der Waals surface area contributed by atoms with Crippen molar-refractivity contribution in [1.29, 1.82) is 0 Å². The molecule has 0 aliphatic heterocycles. The lowest BCUT2D eigenvalue weighted by Gasteiger charge is -2.09. The maximum absolute atomic E-state index is 10.7. The topological polar surface area (TPSA) is 64.3 Å². The summed E-state index contributed by atoms with van der Waals surface area (Å²) in [5.74, 6) is -0.170. The number of ether oxygens (including phenoxy) is 1. The highest BCUT2D eigenvalue weighted by atomic mass is 16.5. The maximum Gasteiger partial charge on any atom is 0.319 e. The number of rotatable bonds is 3. The SMILES string of the molecule is COC(=O)CNC1CCCC1.NC1CCCC1. The van der Waals surface area contributed by atoms with E-state index in [0.29, 0.717) is 18.6 Å². The quantitative estimate of drug-likeness (QED) is 0.738. The highest BCUT2D eigenvalue weighted by Crippen LogP contribution is 2.17. The van der Waals surface area contributed by atoms with Crippen LogP contribution in [-0.2, 0) is 9.53 Å². The normalized spacial score (nSPS) is 21.1. The van der Waals surface area contributed by atoms with Crippen LogP contribution in [0.25, 0.3) is 0 Å². The van der Waals surface area contributed by atoms with Gasteiger partial charge < -0.3 is 15.8 Å². The zero-order valence-electron chi connectivity index (χ0n) is 10.9. The van der Waals surface area contributed by atoms with Gasteiger partial charge in [-0.3, -0.25) is 4.79 Å². The van der Waals surface area contributed by atoms with Gasteiger partial charge in [0.25, 0.3) is 0 Å². The Morgan fingerprint density at radius 2 is 1.71 bits per heavy atom. The molecule has 2 aliphatic rings. The zero-order chi connectivity index (χ0) is 12.5. The van der Waals surface area contributed by atoms with Gasteiger partial charge in [0, 0.05) is 12.1 Å². The first-order chi connectivity index (χ1) is 8.22. The molecule has 0 bridgehead atoms. The first-order valence-electron chi connectivity index (χ1n) is 6.78. The second-order valence-corrected chi connectivity index (χ2v) is 4.98. The number of methoxy groups -OCH3 is 1. The molecule has 2 aliphatic carbocycles. The van der Waals surface area contributed by atoms with E-state index in [2.05, 4.69) is 10.1 Å². The van der Waals surface area contributed by atoms with Gasteiger partial charge in [0.05, 0.1) is 13.7 Å². The molecule has 100 valence electrons. The highest BCUT2D eigenvalue weighted by molar-refractivity contribution is 5.71. The molecular weight excluding hydrogens is 216 g/mol. The molecule has 17 heavy (non-hydrogen) atoms. The second-order valence-electron chi connectivity index (χ2n) is 4.98. The van der Waals surface area contributed by atoms with E-state index in [0.717, 1.165) is 0 Å². The largest absolute Gasteiger partial charge is 0.468 e. The molecule has 0 amide bonds. The van der Waals surface area contributed by atoms with Crippen molar-refractivity contribution < 1.29 is 9.53 Å². The van der Waals surface area contributed by atoms with Crippen molar-refractivity contribution in [2.75, 3.05) is 13.7 Å². The van der Waals surface area contributed by atoms with Crippen molar-refractivity contribution in [3.05, 3.63) is 0 Å². The van der Waals surface area contributed by atoms with Crippen molar-refractivity contribution in [1.82, 2.24) is 5.32 Å². The number of hydrogen-bond donors (Lipinski definition) is 2. The van der Waals surface area contributed by atoms with E-state index >= 15 is 0 Å². The van der Waals surface area contributed by atoms with Gasteiger partial charge in [0.1, 0.15) is 0 Å². The third-order valence-corrected chi connectivity index (χ3v) is 3.52. The monoisotopic (exact) mass is 242 g/mol. The standard InChI is InChI=1S/C8H15NO2.C5H11N/c1-11-8(10)6-9-7-4-2-3-5-7;6-5-3-1-2-4-5/h7,9H,2-6H2,1H3;5H,1-4,6H2. The molecule has 0 aromatic rings. The Labute approximate surface area is 104 Å². The van der Waals surface area contributed by atoms with Crippen molar-refractivity contribution in [3.63, 3.8) is 0 Å². The van der Waals surface area contributed by atoms with E-state index in [4.69, 9.17) is 5.73 Å². The van der Waals surface area contributed by atoms with Crippen LogP contribution in [-0.4, -0.2) is 31.7 Å². The fraction of sp³-hybridized carbons (Fsp3) is 0.923. The Morgan fingerprint density at radius 1 is 1.18 bits per heavy atom. The van der Waals surface area contributed by atoms with Gasteiger partial charge in [-0.15, -0.1) is 0 Å². The molecule has 4 nitrogen and oxygen atoms in total. The number of carbonyl (C=O) groups is 1. The van der Waals surface area contributed by atoms with Crippen LogP contribution in [0, 0.1) is 0 Å². The second kappa shape index (κ2) is 8.48. The summed E-state index contributed by atoms with van der Waals surface area (Å²) in [5, 5.41) is 3.16. The third-order valence-electron chi connectivity index (χ3n) is 3.52. The molecule has 2 fully saturated rings. The number of nitrogens with one attached hydrogen (secondary N) is 1. The van der Waals surface area contributed by atoms with Crippen molar-refractivity contribution in [3.8, 4) is 0 Å². The number of esters is 1. The molecule has 0 saturated heterocycles. The lowest BCUT2D eigenvalue weighted by Crippen LogP contribution is -2.31. The third kappa shape index (κ3) is 6.64. The first kappa shape index (κ1) is 14.5. The fourth-order valence-electron chi connectivity index (χ4n) is 2.39. The van der Waals surface area contributed by atoms with Gasteiger partial charge in [0.15, 0.2) is 0 Å². The van der Waals surface area contributed by atoms with Crippen LogP contribution in [0.3, 0.4) is 0 Å². The predicted octanol–water partition coefficient (Wildman–Crippen LogP) is 1.58. The van der Waals surface area contributed by atoms with E-state index in [1.54, 1.807) is 0 Å². The molecule has 2 saturated carbocycles. The van der Waals surface area contributed by atoms with Gasteiger partial charge in [-0.1, -0.05) is 25.7 Å². The van der Waals surface area contributed by atoms with Gasteiger partial charge in [-0.2, -0.15) is 0 Å². The van der Waals surface area contributed by atoms with E-state index in [9.17, 15) is 4.79 Å². The van der Waals surface area contributed by atoms with Crippen molar-refractivity contribution in [2.45, 2.75) is 63.5 Å². The predicted molar refractivity (Wildman–Crippen MR) is 68.7 cm³/mol. The molecule has 0 radical (unpaired) electrons. The van der Waals surface area contributed by atoms with Crippen molar-refractivity contribution >= 4 is 5.97 Å². The molecule has 0 spiro atoms. The summed E-state index contributed by atoms with van der Waals surface area (Å²) in [7, 11) is 1.42. The molecule has 3 N–H and O–H groups in total. The molecule has 0 unspecified atom stereocenters. The zero-order valence-corrected chi connectivity index (χ0v) is 10.9. The van der Waals surface area contributed by atoms with E-state index in [1.165, 1.54) is 58.5 Å². The van der Waals surface area contributed by atoms with Crippen LogP contribution in [0.5, 0.6) is 0 Å². The minimum absolute atomic E-state index is 0.170. The molecule has 4 heteroatoms. The Balaban J connectivity index is 0.000000202. The lowest BCUT2D eigenvalue weighted by molar-refractivity contribution is -0.139. The van der Waals surface area contributed by atoms with E-state index in [-0.39, 0.29) is 5.97 Å². The minimum Gasteiger partial charge on any atom is -0.468 e. The summed E-state index contributed by atoms with van der Waals surface area (Å²) >= 11 is 0. The highest BCUT2D eigenvalue weighted by Gasteiger charge is 2.14. The average Bonchev–Trinajstić information content (AvgIpc) is 2.99. The van der Waals surface area contributed by atoms with Crippen LogP contribution in [0.1, 0.15) is 51.4 Å². The smallest absolute Gasteiger partial charge is 0.319 e. The maximum atomic E-state index is 10.7. The Morgan fingerprint density at radius 3 is 2.12 bits per heavy atom. The van der Waals surface area contributed by atoms with Crippen LogP contribution >= 0.6 is 0 Å². The molecule has 0 heterocycles. The first-order valence-corrected chi connectivity index (χ1v) is 6.78. The van der Waals surface area contributed by atoms with Crippen LogP contribution in [0.4, 0.5) is 0 Å². The number of carbonyl (C=O) groups excluding carboxylic acids is 1. The summed E-state index contributed by atoms with van der Waals surface area (Å²) in [5.41, 5.74) is 5.53. The number of hydrogen-bond acceptors (Lipinski definition) is 4. The fourth-order valence-corrected chi connectivity index (χ4v) is 2.39. The average molecular weight is 242 g/mol. The summed E-state index contributed by atoms with van der Waals surface area (Å²) < 4.78 is 4.51. The summed E-state index contributed by atoms with van der Waals surface area (Å²) in [6, 6.07) is 1.10. The van der Waals surface area contributed by atoms with Crippen LogP contribution < -0.4 is 11.1 Å². The Hall–Kier alpha value is -0.610. The Bertz CT molecular complexity index is 209. The van der Waals surface area contributed by atoms with Gasteiger partial charge in [-0.25, -0.2) is 0 Å². The summed E-state index contributed by atoms with van der Waals surface area (Å²) in [4.78, 5) is 10.7. The summed E-state index contributed by atoms with van der Waals surface area (Å²) in [6.07, 6.45) is 10.2. The van der Waals surface area contributed by atoms with Crippen molar-refractivity contribution in [2.24, 2.45) is 5.73 Å². The van der Waals surface area contributed by atoms with Gasteiger partial charge in [-0.05, 0) is 25.7 Å². The van der Waals surface area contributed by atoms with Gasteiger partial charge >= 0.3 is 5.97 Å². The molecule has 0 aromatic carbocycles. The molecular formula is C13H26N2O2. The molecule has 0 atom stereocenters. The van der Waals surface area contributed by atoms with Crippen LogP contribution in [0.2, 0.25) is 0 Å². The lowest BCUT2D eigenvalue weighted by atomic mass is 10.2. The van der Waals surface area contributed by atoms with Crippen LogP contribution in [0.15, 0.2) is 0 Å². The molecule has 0 aromatic heterocycles. The number of nitrogens with two attached hydrogens (primary N) is 1. The summed E-state index contributed by atoms with van der Waals surface area (Å²) in [6.45, 7) is 0.362. The van der Waals surface area contributed by atoms with Gasteiger partial charge in [0.2, 0.25) is 0 Å². The minimum atomic E-state index is -0.170. The molecule has 2 rings (SSSR count). The Kier molecular flexibility index (Phi) is 7.21.